The van der Waals surface area contributed by atoms with E-state index in [1.165, 1.54) is 7.11 Å². The second-order valence-corrected chi connectivity index (χ2v) is 5.72. The molecule has 0 radical (unpaired) electrons. The lowest BCUT2D eigenvalue weighted by Gasteiger charge is -2.12. The van der Waals surface area contributed by atoms with Crippen LogP contribution in [0.2, 0.25) is 0 Å². The molecular formula is C17H19N7O2. The van der Waals surface area contributed by atoms with Crippen LogP contribution in [0.4, 0.5) is 11.9 Å². The minimum Gasteiger partial charge on any atom is -0.481 e. The first-order chi connectivity index (χ1) is 12.5. The van der Waals surface area contributed by atoms with Crippen LogP contribution in [0, 0.1) is 0 Å². The molecule has 0 atom stereocenters. The Kier molecular flexibility index (Phi) is 4.78. The molecule has 2 heterocycles. The maximum atomic E-state index is 12.7. The highest BCUT2D eigenvalue weighted by Gasteiger charge is 2.14. The summed E-state index contributed by atoms with van der Waals surface area (Å²) >= 11 is 0. The Morgan fingerprint density at radius 1 is 1.19 bits per heavy atom. The molecule has 0 bridgehead atoms. The van der Waals surface area contributed by atoms with Crippen LogP contribution in [0.25, 0.3) is 10.9 Å². The molecule has 0 aliphatic carbocycles. The number of fused-ring (bicyclic) bond motifs is 1. The van der Waals surface area contributed by atoms with E-state index in [2.05, 4.69) is 25.3 Å². The first-order valence-electron chi connectivity index (χ1n) is 7.87. The second-order valence-electron chi connectivity index (χ2n) is 5.72. The van der Waals surface area contributed by atoms with E-state index in [1.54, 1.807) is 25.1 Å². The number of nitrogens with zero attached hydrogens (tertiary/aromatic N) is 5. The molecular weight excluding hydrogens is 334 g/mol. The Balaban J connectivity index is 1.86. The van der Waals surface area contributed by atoms with Crippen molar-refractivity contribution in [2.45, 2.75) is 6.54 Å². The van der Waals surface area contributed by atoms with E-state index >= 15 is 0 Å². The number of hydrogen-bond acceptors (Lipinski definition) is 8. The van der Waals surface area contributed by atoms with E-state index in [4.69, 9.17) is 10.5 Å². The van der Waals surface area contributed by atoms with Crippen molar-refractivity contribution in [2.75, 3.05) is 31.8 Å². The third-order valence-electron chi connectivity index (χ3n) is 3.64. The summed E-state index contributed by atoms with van der Waals surface area (Å²) in [5.74, 6) is 0.988. The lowest BCUT2D eigenvalue weighted by molar-refractivity contribution is 0.0951. The molecule has 0 saturated heterocycles. The molecule has 0 saturated carbocycles. The summed E-state index contributed by atoms with van der Waals surface area (Å²) in [4.78, 5) is 31.1. The van der Waals surface area contributed by atoms with Gasteiger partial charge in [-0.2, -0.15) is 15.0 Å². The van der Waals surface area contributed by atoms with Crippen molar-refractivity contribution >= 4 is 28.7 Å². The molecule has 9 heteroatoms. The van der Waals surface area contributed by atoms with Gasteiger partial charge in [0.05, 0.1) is 24.7 Å². The van der Waals surface area contributed by atoms with E-state index in [-0.39, 0.29) is 18.4 Å². The number of nitrogens with two attached hydrogens (primary N) is 1. The van der Waals surface area contributed by atoms with E-state index in [9.17, 15) is 4.79 Å². The van der Waals surface area contributed by atoms with Crippen LogP contribution < -0.4 is 20.7 Å². The molecule has 0 fully saturated rings. The number of hydrogen-bond donors (Lipinski definition) is 2. The summed E-state index contributed by atoms with van der Waals surface area (Å²) in [5.41, 5.74) is 6.84. The fourth-order valence-electron chi connectivity index (χ4n) is 2.40. The minimum absolute atomic E-state index is 0.101. The van der Waals surface area contributed by atoms with Crippen LogP contribution in [0.1, 0.15) is 16.2 Å². The van der Waals surface area contributed by atoms with Crippen molar-refractivity contribution in [1.82, 2.24) is 25.3 Å². The van der Waals surface area contributed by atoms with Gasteiger partial charge in [0.2, 0.25) is 17.8 Å². The van der Waals surface area contributed by atoms with Gasteiger partial charge < -0.3 is 20.7 Å². The highest BCUT2D eigenvalue weighted by molar-refractivity contribution is 6.06. The zero-order valence-corrected chi connectivity index (χ0v) is 14.7. The van der Waals surface area contributed by atoms with Crippen LogP contribution >= 0.6 is 0 Å². The van der Waals surface area contributed by atoms with Gasteiger partial charge in [-0.25, -0.2) is 4.98 Å². The number of pyridine rings is 1. The fourth-order valence-corrected chi connectivity index (χ4v) is 2.40. The minimum atomic E-state index is -0.285. The third kappa shape index (κ3) is 3.61. The molecule has 0 aliphatic rings. The monoisotopic (exact) mass is 353 g/mol. The number of nitrogens with one attached hydrogen (secondary N) is 1. The maximum absolute atomic E-state index is 12.7. The van der Waals surface area contributed by atoms with Gasteiger partial charge in [-0.1, -0.05) is 18.2 Å². The van der Waals surface area contributed by atoms with Gasteiger partial charge in [-0.05, 0) is 6.07 Å². The zero-order valence-electron chi connectivity index (χ0n) is 14.7. The summed E-state index contributed by atoms with van der Waals surface area (Å²) < 4.78 is 5.19. The SMILES string of the molecule is COc1cc(C(=O)NCc2nc(N)nc(N(C)C)n2)c2ccccc2n1. The molecule has 0 unspecified atom stereocenters. The predicted octanol–water partition coefficient (Wildman–Crippen LogP) is 1.01. The topological polar surface area (TPSA) is 119 Å². The molecule has 1 amide bonds. The number of aromatic nitrogens is 4. The van der Waals surface area contributed by atoms with Gasteiger partial charge >= 0.3 is 0 Å². The first-order valence-corrected chi connectivity index (χ1v) is 7.87. The van der Waals surface area contributed by atoms with Gasteiger partial charge in [0.15, 0.2) is 5.82 Å². The smallest absolute Gasteiger partial charge is 0.252 e. The van der Waals surface area contributed by atoms with E-state index < -0.39 is 0 Å². The lowest BCUT2D eigenvalue weighted by Crippen LogP contribution is -2.25. The van der Waals surface area contributed by atoms with E-state index in [1.807, 2.05) is 24.3 Å². The Bertz CT molecular complexity index is 959. The number of benzene rings is 1. The molecule has 1 aromatic carbocycles. The van der Waals surface area contributed by atoms with Crippen molar-refractivity contribution in [3.8, 4) is 5.88 Å². The average molecular weight is 353 g/mol. The van der Waals surface area contributed by atoms with E-state index in [0.717, 1.165) is 5.39 Å². The number of methoxy groups -OCH3 is 1. The van der Waals surface area contributed by atoms with Gasteiger partial charge in [-0.15, -0.1) is 0 Å². The average Bonchev–Trinajstić information content (AvgIpc) is 2.64. The number of rotatable bonds is 5. The summed E-state index contributed by atoms with van der Waals surface area (Å²) in [5, 5.41) is 3.53. The number of amides is 1. The first kappa shape index (κ1) is 17.3. The van der Waals surface area contributed by atoms with Crippen LogP contribution in [0.5, 0.6) is 5.88 Å². The van der Waals surface area contributed by atoms with Gasteiger partial charge in [0.25, 0.3) is 5.91 Å². The summed E-state index contributed by atoms with van der Waals surface area (Å²) in [6, 6.07) is 8.97. The largest absolute Gasteiger partial charge is 0.481 e. The Morgan fingerprint density at radius 2 is 1.96 bits per heavy atom. The standard InChI is InChI=1S/C17H19N7O2/c1-24(2)17-22-13(21-16(18)23-17)9-19-15(25)11-8-14(26-3)20-12-7-5-4-6-10(11)12/h4-8H,9H2,1-3H3,(H,19,25)(H2,18,21,22,23). The van der Waals surface area contributed by atoms with Crippen molar-refractivity contribution in [2.24, 2.45) is 0 Å². The lowest BCUT2D eigenvalue weighted by atomic mass is 10.1. The predicted molar refractivity (Wildman–Crippen MR) is 98.0 cm³/mol. The van der Waals surface area contributed by atoms with Gasteiger partial charge in [0, 0.05) is 25.5 Å². The highest BCUT2D eigenvalue weighted by atomic mass is 16.5. The number of para-hydroxylation sites is 1. The number of carbonyl (C=O) groups is 1. The normalized spacial score (nSPS) is 10.6. The molecule has 134 valence electrons. The van der Waals surface area contributed by atoms with Crippen molar-refractivity contribution in [3.63, 3.8) is 0 Å². The van der Waals surface area contributed by atoms with Crippen LogP contribution in [-0.2, 0) is 6.54 Å². The molecule has 9 nitrogen and oxygen atoms in total. The number of ether oxygens (including phenoxy) is 1. The van der Waals surface area contributed by atoms with Crippen LogP contribution in [0.3, 0.4) is 0 Å². The highest BCUT2D eigenvalue weighted by Crippen LogP contribution is 2.21. The van der Waals surface area contributed by atoms with Crippen molar-refractivity contribution < 1.29 is 9.53 Å². The van der Waals surface area contributed by atoms with E-state index in [0.29, 0.717) is 28.7 Å². The summed E-state index contributed by atoms with van der Waals surface area (Å²) in [6.07, 6.45) is 0. The second kappa shape index (κ2) is 7.18. The molecule has 0 spiro atoms. The molecule has 3 rings (SSSR count). The van der Waals surface area contributed by atoms with Crippen molar-refractivity contribution in [1.29, 1.82) is 0 Å². The van der Waals surface area contributed by atoms with Gasteiger partial charge in [0.1, 0.15) is 0 Å². The molecule has 3 aromatic rings. The quantitative estimate of drug-likeness (QED) is 0.697. The number of nitrogen functional groups attached to an aromatic ring is 1. The number of anilines is 2. The maximum Gasteiger partial charge on any atom is 0.252 e. The Morgan fingerprint density at radius 3 is 2.69 bits per heavy atom. The zero-order chi connectivity index (χ0) is 18.7. The fraction of sp³-hybridized carbons (Fsp3) is 0.235. The number of carbonyl (C=O) groups excluding carboxylic acids is 1. The summed E-state index contributed by atoms with van der Waals surface area (Å²) in [7, 11) is 5.11. The Hall–Kier alpha value is -3.49. The molecule has 0 aliphatic heterocycles. The molecule has 26 heavy (non-hydrogen) atoms. The Labute approximate surface area is 150 Å². The van der Waals surface area contributed by atoms with Crippen LogP contribution in [0.15, 0.2) is 30.3 Å². The van der Waals surface area contributed by atoms with Crippen LogP contribution in [-0.4, -0.2) is 47.0 Å². The molecule has 3 N–H and O–H groups in total. The molecule has 2 aromatic heterocycles. The van der Waals surface area contributed by atoms with Gasteiger partial charge in [-0.3, -0.25) is 4.79 Å². The third-order valence-corrected chi connectivity index (χ3v) is 3.64. The summed E-state index contributed by atoms with van der Waals surface area (Å²) in [6.45, 7) is 0.116. The van der Waals surface area contributed by atoms with Crippen molar-refractivity contribution in [3.05, 3.63) is 41.7 Å².